The number of likely N-dealkylation sites (N-methyl/N-ethyl adjacent to an activating group) is 1. The lowest BCUT2D eigenvalue weighted by Crippen LogP contribution is -2.39. The fourth-order valence-electron chi connectivity index (χ4n) is 2.78. The molecular formula is C22H34N2O3. The number of hydrogen-bond donors (Lipinski definition) is 0. The fourth-order valence-corrected chi connectivity index (χ4v) is 2.78. The standard InChI is InChI=1S/C22H34N2O3/c1-16-11-12-20(24(14-16)21(25)27-22(3,4)5)18-9-8-10-19(13-18)26-15-17(2)23(6)7/h8-10,12-13,16-17H,11,14-15H2,1-7H3. The van der Waals surface area contributed by atoms with E-state index in [0.29, 0.717) is 25.1 Å². The van der Waals surface area contributed by atoms with Crippen LogP contribution in [-0.4, -0.2) is 54.8 Å². The van der Waals surface area contributed by atoms with Crippen molar-refractivity contribution in [1.29, 1.82) is 0 Å². The first-order valence-corrected chi connectivity index (χ1v) is 9.67. The Morgan fingerprint density at radius 2 is 2.04 bits per heavy atom. The van der Waals surface area contributed by atoms with Crippen LogP contribution in [0.3, 0.4) is 0 Å². The minimum Gasteiger partial charge on any atom is -0.492 e. The van der Waals surface area contributed by atoms with Gasteiger partial charge in [-0.15, -0.1) is 0 Å². The summed E-state index contributed by atoms with van der Waals surface area (Å²) < 4.78 is 11.6. The van der Waals surface area contributed by atoms with Gasteiger partial charge in [-0.3, -0.25) is 4.90 Å². The minimum absolute atomic E-state index is 0.298. The van der Waals surface area contributed by atoms with E-state index in [9.17, 15) is 4.79 Å². The molecule has 0 aliphatic carbocycles. The van der Waals surface area contributed by atoms with Crippen molar-refractivity contribution in [3.63, 3.8) is 0 Å². The third-order valence-electron chi connectivity index (χ3n) is 4.62. The summed E-state index contributed by atoms with van der Waals surface area (Å²) in [6.45, 7) is 11.2. The molecule has 2 atom stereocenters. The van der Waals surface area contributed by atoms with E-state index in [1.165, 1.54) is 0 Å². The van der Waals surface area contributed by atoms with Crippen LogP contribution in [0, 0.1) is 5.92 Å². The second kappa shape index (κ2) is 8.79. The van der Waals surface area contributed by atoms with Gasteiger partial charge in [-0.2, -0.15) is 0 Å². The quantitative estimate of drug-likeness (QED) is 0.753. The van der Waals surface area contributed by atoms with E-state index >= 15 is 0 Å². The van der Waals surface area contributed by atoms with Crippen molar-refractivity contribution in [2.24, 2.45) is 5.92 Å². The molecule has 2 rings (SSSR count). The number of carbonyl (C=O) groups is 1. The van der Waals surface area contributed by atoms with Crippen LogP contribution < -0.4 is 4.74 Å². The maximum atomic E-state index is 12.7. The fraction of sp³-hybridized carbons (Fsp3) is 0.591. The van der Waals surface area contributed by atoms with Gasteiger partial charge in [0.05, 0.1) is 5.70 Å². The summed E-state index contributed by atoms with van der Waals surface area (Å²) >= 11 is 0. The molecule has 0 radical (unpaired) electrons. The van der Waals surface area contributed by atoms with Gasteiger partial charge >= 0.3 is 6.09 Å². The van der Waals surface area contributed by atoms with Gasteiger partial charge < -0.3 is 14.4 Å². The molecule has 0 saturated heterocycles. The molecule has 0 bridgehead atoms. The third-order valence-corrected chi connectivity index (χ3v) is 4.62. The molecule has 0 fully saturated rings. The number of amides is 1. The van der Waals surface area contributed by atoms with Crippen molar-refractivity contribution in [2.45, 2.75) is 52.7 Å². The van der Waals surface area contributed by atoms with Gasteiger partial charge in [0.15, 0.2) is 0 Å². The van der Waals surface area contributed by atoms with E-state index in [0.717, 1.165) is 23.4 Å². The summed E-state index contributed by atoms with van der Waals surface area (Å²) in [5.41, 5.74) is 1.35. The number of ether oxygens (including phenoxy) is 2. The van der Waals surface area contributed by atoms with E-state index in [-0.39, 0.29) is 6.09 Å². The molecule has 1 amide bonds. The van der Waals surface area contributed by atoms with Crippen molar-refractivity contribution < 1.29 is 14.3 Å². The second-order valence-corrected chi connectivity index (χ2v) is 8.67. The summed E-state index contributed by atoms with van der Waals surface area (Å²) in [6.07, 6.45) is 2.77. The summed E-state index contributed by atoms with van der Waals surface area (Å²) in [4.78, 5) is 16.6. The second-order valence-electron chi connectivity index (χ2n) is 8.67. The Morgan fingerprint density at radius 1 is 1.33 bits per heavy atom. The molecule has 5 nitrogen and oxygen atoms in total. The Hall–Kier alpha value is -2.01. The van der Waals surface area contributed by atoms with E-state index < -0.39 is 5.60 Å². The highest BCUT2D eigenvalue weighted by Gasteiger charge is 2.29. The normalized spacial score (nSPS) is 18.9. The summed E-state index contributed by atoms with van der Waals surface area (Å²) in [7, 11) is 4.08. The third kappa shape index (κ3) is 6.28. The zero-order valence-corrected chi connectivity index (χ0v) is 17.8. The van der Waals surface area contributed by atoms with Crippen LogP contribution in [0.2, 0.25) is 0 Å². The van der Waals surface area contributed by atoms with Gasteiger partial charge in [0.25, 0.3) is 0 Å². The van der Waals surface area contributed by atoms with E-state index in [1.807, 2.05) is 59.1 Å². The predicted octanol–water partition coefficient (Wildman–Crippen LogP) is 4.63. The molecule has 1 aliphatic rings. The van der Waals surface area contributed by atoms with Crippen LogP contribution in [0.4, 0.5) is 4.79 Å². The Morgan fingerprint density at radius 3 is 2.67 bits per heavy atom. The first kappa shape index (κ1) is 21.3. The molecule has 1 heterocycles. The van der Waals surface area contributed by atoms with Gasteiger partial charge in [-0.05, 0) is 66.3 Å². The largest absolute Gasteiger partial charge is 0.492 e. The lowest BCUT2D eigenvalue weighted by atomic mass is 9.98. The number of nitrogens with zero attached hydrogens (tertiary/aromatic N) is 2. The molecule has 1 aromatic rings. The Labute approximate surface area is 163 Å². The molecule has 0 spiro atoms. The highest BCUT2D eigenvalue weighted by molar-refractivity contribution is 5.83. The number of rotatable bonds is 5. The Kier molecular flexibility index (Phi) is 6.93. The smallest absolute Gasteiger partial charge is 0.414 e. The molecule has 0 saturated carbocycles. The van der Waals surface area contributed by atoms with Crippen molar-refractivity contribution >= 4 is 11.8 Å². The van der Waals surface area contributed by atoms with E-state index in [1.54, 1.807) is 4.90 Å². The van der Waals surface area contributed by atoms with Crippen LogP contribution >= 0.6 is 0 Å². The topological polar surface area (TPSA) is 42.0 Å². The average Bonchev–Trinajstić information content (AvgIpc) is 2.58. The van der Waals surface area contributed by atoms with Crippen LogP contribution in [0.15, 0.2) is 30.3 Å². The van der Waals surface area contributed by atoms with Gasteiger partial charge in [-0.1, -0.05) is 25.1 Å². The zero-order chi connectivity index (χ0) is 20.2. The highest BCUT2D eigenvalue weighted by Crippen LogP contribution is 2.31. The van der Waals surface area contributed by atoms with Crippen LogP contribution in [-0.2, 0) is 4.74 Å². The predicted molar refractivity (Wildman–Crippen MR) is 110 cm³/mol. The average molecular weight is 375 g/mol. The van der Waals surface area contributed by atoms with Crippen molar-refractivity contribution in [1.82, 2.24) is 9.80 Å². The van der Waals surface area contributed by atoms with Crippen molar-refractivity contribution in [2.75, 3.05) is 27.2 Å². The molecule has 0 aromatic heterocycles. The van der Waals surface area contributed by atoms with Gasteiger partial charge in [0.1, 0.15) is 18.0 Å². The van der Waals surface area contributed by atoms with Crippen LogP contribution in [0.5, 0.6) is 5.75 Å². The lowest BCUT2D eigenvalue weighted by molar-refractivity contribution is 0.0327. The molecule has 27 heavy (non-hydrogen) atoms. The van der Waals surface area contributed by atoms with Crippen molar-refractivity contribution in [3.8, 4) is 5.75 Å². The SMILES string of the molecule is CC1CC=C(c2cccc(OCC(C)N(C)C)c2)N(C(=O)OC(C)(C)C)C1. The monoisotopic (exact) mass is 374 g/mol. The summed E-state index contributed by atoms with van der Waals surface area (Å²) in [6, 6.07) is 8.26. The van der Waals surface area contributed by atoms with Gasteiger partial charge in [0, 0.05) is 18.2 Å². The molecule has 5 heteroatoms. The van der Waals surface area contributed by atoms with Gasteiger partial charge in [0.2, 0.25) is 0 Å². The summed E-state index contributed by atoms with van der Waals surface area (Å²) in [5, 5.41) is 0. The maximum absolute atomic E-state index is 12.7. The van der Waals surface area contributed by atoms with Crippen LogP contribution in [0.1, 0.15) is 46.6 Å². The Bertz CT molecular complexity index is 676. The number of benzene rings is 1. The first-order valence-electron chi connectivity index (χ1n) is 9.67. The first-order chi connectivity index (χ1) is 12.6. The number of hydrogen-bond acceptors (Lipinski definition) is 4. The molecule has 1 aliphatic heterocycles. The highest BCUT2D eigenvalue weighted by atomic mass is 16.6. The van der Waals surface area contributed by atoms with Crippen LogP contribution in [0.25, 0.3) is 5.70 Å². The van der Waals surface area contributed by atoms with E-state index in [2.05, 4.69) is 24.8 Å². The number of carbonyl (C=O) groups excluding carboxylic acids is 1. The molecule has 2 unspecified atom stereocenters. The maximum Gasteiger partial charge on any atom is 0.414 e. The number of allylic oxidation sites excluding steroid dienone is 1. The molecule has 0 N–H and O–H groups in total. The minimum atomic E-state index is -0.518. The molecular weight excluding hydrogens is 340 g/mol. The van der Waals surface area contributed by atoms with E-state index in [4.69, 9.17) is 9.47 Å². The molecule has 1 aromatic carbocycles. The lowest BCUT2D eigenvalue weighted by Gasteiger charge is -2.34. The van der Waals surface area contributed by atoms with Crippen molar-refractivity contribution in [3.05, 3.63) is 35.9 Å². The molecule has 150 valence electrons. The Balaban J connectivity index is 2.20. The van der Waals surface area contributed by atoms with Gasteiger partial charge in [-0.25, -0.2) is 4.79 Å². The zero-order valence-electron chi connectivity index (χ0n) is 17.8. The summed E-state index contributed by atoms with van der Waals surface area (Å²) in [5.74, 6) is 1.21.